The molecular formula is C30H29NO6. The lowest BCUT2D eigenvalue weighted by Crippen LogP contribution is -2.11. The highest BCUT2D eigenvalue weighted by Crippen LogP contribution is 2.31. The standard InChI is InChI=1S/C30H29NO6/c1-30(2,3)23-13-11-21(12-14-23)27-31-24(29(33)37-27)16-20-8-15-25(26(17-20)34-4)36-18-19-6-9-22(10-7-19)28(32)35-5/h6-17H,18H2,1-5H3/b24-16+. The number of hydrogen-bond donors (Lipinski definition) is 0. The van der Waals surface area contributed by atoms with Crippen LogP contribution in [-0.2, 0) is 26.3 Å². The lowest BCUT2D eigenvalue weighted by Gasteiger charge is -2.18. The minimum Gasteiger partial charge on any atom is -0.493 e. The van der Waals surface area contributed by atoms with Gasteiger partial charge in [0.15, 0.2) is 17.2 Å². The Morgan fingerprint density at radius 3 is 2.27 bits per heavy atom. The van der Waals surface area contributed by atoms with Gasteiger partial charge in [-0.2, -0.15) is 0 Å². The smallest absolute Gasteiger partial charge is 0.363 e. The van der Waals surface area contributed by atoms with E-state index in [1.165, 1.54) is 12.7 Å². The number of esters is 2. The van der Waals surface area contributed by atoms with Crippen molar-refractivity contribution >= 4 is 23.9 Å². The van der Waals surface area contributed by atoms with Crippen LogP contribution in [0.15, 0.2) is 77.4 Å². The van der Waals surface area contributed by atoms with Crippen LogP contribution < -0.4 is 9.47 Å². The second kappa shape index (κ2) is 10.7. The van der Waals surface area contributed by atoms with Gasteiger partial charge in [-0.05, 0) is 64.6 Å². The lowest BCUT2D eigenvalue weighted by molar-refractivity contribution is -0.129. The normalized spacial score (nSPS) is 14.2. The summed E-state index contributed by atoms with van der Waals surface area (Å²) in [6.07, 6.45) is 1.65. The number of nitrogens with zero attached hydrogens (tertiary/aromatic N) is 1. The van der Waals surface area contributed by atoms with Crippen molar-refractivity contribution < 1.29 is 28.5 Å². The molecule has 0 saturated heterocycles. The van der Waals surface area contributed by atoms with Crippen LogP contribution in [0.1, 0.15) is 53.4 Å². The number of aliphatic imine (C=N–C) groups is 1. The summed E-state index contributed by atoms with van der Waals surface area (Å²) in [4.78, 5) is 28.5. The average molecular weight is 500 g/mol. The van der Waals surface area contributed by atoms with Crippen LogP contribution in [0.25, 0.3) is 6.08 Å². The predicted octanol–water partition coefficient (Wildman–Crippen LogP) is 5.70. The van der Waals surface area contributed by atoms with Crippen LogP contribution >= 0.6 is 0 Å². The van der Waals surface area contributed by atoms with Crippen molar-refractivity contribution in [3.63, 3.8) is 0 Å². The van der Waals surface area contributed by atoms with Gasteiger partial charge in [0.25, 0.3) is 0 Å². The van der Waals surface area contributed by atoms with Gasteiger partial charge in [0.05, 0.1) is 19.8 Å². The number of methoxy groups -OCH3 is 2. The highest BCUT2D eigenvalue weighted by Gasteiger charge is 2.25. The molecule has 0 bridgehead atoms. The summed E-state index contributed by atoms with van der Waals surface area (Å²) in [5, 5.41) is 0. The Labute approximate surface area is 216 Å². The minimum atomic E-state index is -0.510. The Hall–Kier alpha value is -4.39. The van der Waals surface area contributed by atoms with E-state index < -0.39 is 5.97 Å². The molecule has 3 aromatic carbocycles. The molecule has 0 atom stereocenters. The highest BCUT2D eigenvalue weighted by molar-refractivity contribution is 6.12. The van der Waals surface area contributed by atoms with Crippen molar-refractivity contribution in [3.8, 4) is 11.5 Å². The fraction of sp³-hybridized carbons (Fsp3) is 0.233. The maximum Gasteiger partial charge on any atom is 0.363 e. The van der Waals surface area contributed by atoms with E-state index in [1.807, 2.05) is 30.3 Å². The second-order valence-electron chi connectivity index (χ2n) is 9.55. The molecule has 0 amide bonds. The minimum absolute atomic E-state index is 0.0296. The van der Waals surface area contributed by atoms with E-state index >= 15 is 0 Å². The van der Waals surface area contributed by atoms with Gasteiger partial charge in [-0.1, -0.05) is 51.1 Å². The molecule has 3 aromatic rings. The van der Waals surface area contributed by atoms with Crippen LogP contribution in [0.3, 0.4) is 0 Å². The van der Waals surface area contributed by atoms with Gasteiger partial charge >= 0.3 is 11.9 Å². The van der Waals surface area contributed by atoms with Crippen molar-refractivity contribution in [3.05, 3.63) is 100 Å². The largest absolute Gasteiger partial charge is 0.493 e. The molecule has 7 nitrogen and oxygen atoms in total. The van der Waals surface area contributed by atoms with Gasteiger partial charge < -0.3 is 18.9 Å². The molecule has 1 aliphatic heterocycles. The number of carbonyl (C=O) groups excluding carboxylic acids is 2. The molecule has 1 aliphatic rings. The number of ether oxygens (including phenoxy) is 4. The first-order valence-electron chi connectivity index (χ1n) is 11.8. The molecule has 190 valence electrons. The van der Waals surface area contributed by atoms with E-state index in [0.717, 1.165) is 11.1 Å². The van der Waals surface area contributed by atoms with E-state index in [4.69, 9.17) is 18.9 Å². The Morgan fingerprint density at radius 1 is 0.946 bits per heavy atom. The fourth-order valence-corrected chi connectivity index (χ4v) is 3.71. The van der Waals surface area contributed by atoms with Crippen LogP contribution in [0.2, 0.25) is 0 Å². The number of benzene rings is 3. The van der Waals surface area contributed by atoms with Crippen LogP contribution in [0.4, 0.5) is 0 Å². The Balaban J connectivity index is 1.48. The molecule has 4 rings (SSSR count). The Kier molecular flexibility index (Phi) is 7.43. The molecule has 0 unspecified atom stereocenters. The maximum atomic E-state index is 12.5. The second-order valence-corrected chi connectivity index (χ2v) is 9.55. The third kappa shape index (κ3) is 6.06. The molecular weight excluding hydrogens is 470 g/mol. The average Bonchev–Trinajstić information content (AvgIpc) is 3.27. The van der Waals surface area contributed by atoms with Crippen molar-refractivity contribution in [2.45, 2.75) is 32.8 Å². The Bertz CT molecular complexity index is 1360. The quantitative estimate of drug-likeness (QED) is 0.306. The number of carbonyl (C=O) groups is 2. The summed E-state index contributed by atoms with van der Waals surface area (Å²) >= 11 is 0. The highest BCUT2D eigenvalue weighted by atomic mass is 16.6. The lowest BCUT2D eigenvalue weighted by atomic mass is 9.87. The van der Waals surface area contributed by atoms with Gasteiger partial charge in [0.2, 0.25) is 5.90 Å². The zero-order chi connectivity index (χ0) is 26.6. The van der Waals surface area contributed by atoms with E-state index in [9.17, 15) is 9.59 Å². The summed E-state index contributed by atoms with van der Waals surface area (Å²) in [7, 11) is 2.89. The summed E-state index contributed by atoms with van der Waals surface area (Å²) < 4.78 is 21.5. The topological polar surface area (TPSA) is 83.4 Å². The van der Waals surface area contributed by atoms with Crippen LogP contribution in [0, 0.1) is 0 Å². The first kappa shape index (κ1) is 25.7. The molecule has 0 fully saturated rings. The predicted molar refractivity (Wildman–Crippen MR) is 141 cm³/mol. The molecule has 0 spiro atoms. The van der Waals surface area contributed by atoms with Crippen LogP contribution in [-0.4, -0.2) is 32.1 Å². The zero-order valence-corrected chi connectivity index (χ0v) is 21.5. The molecule has 37 heavy (non-hydrogen) atoms. The third-order valence-electron chi connectivity index (χ3n) is 5.88. The van der Waals surface area contributed by atoms with E-state index in [-0.39, 0.29) is 29.6 Å². The molecule has 7 heteroatoms. The first-order chi connectivity index (χ1) is 17.7. The zero-order valence-electron chi connectivity index (χ0n) is 21.5. The molecule has 0 radical (unpaired) electrons. The van der Waals surface area contributed by atoms with Crippen molar-refractivity contribution in [2.24, 2.45) is 4.99 Å². The van der Waals surface area contributed by atoms with Gasteiger partial charge in [-0.25, -0.2) is 14.6 Å². The first-order valence-corrected chi connectivity index (χ1v) is 11.8. The number of rotatable bonds is 7. The summed E-state index contributed by atoms with van der Waals surface area (Å²) in [5.74, 6) is 0.430. The van der Waals surface area contributed by atoms with E-state index in [1.54, 1.807) is 49.6 Å². The van der Waals surface area contributed by atoms with Crippen molar-refractivity contribution in [1.82, 2.24) is 0 Å². The van der Waals surface area contributed by atoms with Gasteiger partial charge in [-0.15, -0.1) is 0 Å². The monoisotopic (exact) mass is 499 g/mol. The Morgan fingerprint density at radius 2 is 1.65 bits per heavy atom. The molecule has 0 aliphatic carbocycles. The third-order valence-corrected chi connectivity index (χ3v) is 5.88. The molecule has 0 saturated carbocycles. The van der Waals surface area contributed by atoms with E-state index in [2.05, 4.69) is 25.8 Å². The SMILES string of the molecule is COC(=O)c1ccc(COc2ccc(/C=C3/N=C(c4ccc(C(C)(C)C)cc4)OC3=O)cc2OC)cc1. The molecule has 0 N–H and O–H groups in total. The van der Waals surface area contributed by atoms with E-state index in [0.29, 0.717) is 22.6 Å². The molecule has 1 heterocycles. The van der Waals surface area contributed by atoms with Crippen LogP contribution in [0.5, 0.6) is 11.5 Å². The van der Waals surface area contributed by atoms with Gasteiger partial charge in [0.1, 0.15) is 6.61 Å². The molecule has 0 aromatic heterocycles. The fourth-order valence-electron chi connectivity index (χ4n) is 3.71. The summed E-state index contributed by atoms with van der Waals surface area (Å²) in [6, 6.07) is 20.2. The summed E-state index contributed by atoms with van der Waals surface area (Å²) in [5.41, 5.74) is 4.23. The van der Waals surface area contributed by atoms with Crippen molar-refractivity contribution in [1.29, 1.82) is 0 Å². The summed E-state index contributed by atoms with van der Waals surface area (Å²) in [6.45, 7) is 6.71. The van der Waals surface area contributed by atoms with Gasteiger partial charge in [0, 0.05) is 5.56 Å². The number of hydrogen-bond acceptors (Lipinski definition) is 7. The van der Waals surface area contributed by atoms with Gasteiger partial charge in [-0.3, -0.25) is 0 Å². The maximum absolute atomic E-state index is 12.5. The van der Waals surface area contributed by atoms with Crippen molar-refractivity contribution in [2.75, 3.05) is 14.2 Å². The number of cyclic esters (lactones) is 1.